The van der Waals surface area contributed by atoms with Gasteiger partial charge in [0.05, 0.1) is 12.1 Å². The van der Waals surface area contributed by atoms with E-state index in [1.807, 2.05) is 36.7 Å². The molecule has 0 fully saturated rings. The van der Waals surface area contributed by atoms with Crippen molar-refractivity contribution in [3.05, 3.63) is 76.9 Å². The number of halogens is 3. The van der Waals surface area contributed by atoms with Crippen molar-refractivity contribution in [2.45, 2.75) is 32.0 Å². The Hall–Kier alpha value is -3.16. The van der Waals surface area contributed by atoms with Gasteiger partial charge in [-0.3, -0.25) is 4.79 Å². The molecule has 150 valence electrons. The van der Waals surface area contributed by atoms with Gasteiger partial charge in [-0.15, -0.1) is 10.2 Å². The molecule has 2 heterocycles. The fourth-order valence-electron chi connectivity index (χ4n) is 3.69. The summed E-state index contributed by atoms with van der Waals surface area (Å²) < 4.78 is 41.9. The number of amides is 1. The van der Waals surface area contributed by atoms with E-state index in [1.165, 1.54) is 17.0 Å². The van der Waals surface area contributed by atoms with Crippen LogP contribution in [-0.2, 0) is 26.2 Å². The van der Waals surface area contributed by atoms with E-state index in [-0.39, 0.29) is 23.6 Å². The second kappa shape index (κ2) is 7.02. The van der Waals surface area contributed by atoms with Crippen LogP contribution in [0.5, 0.6) is 0 Å². The summed E-state index contributed by atoms with van der Waals surface area (Å²) >= 11 is 0. The molecule has 1 aliphatic heterocycles. The Bertz CT molecular complexity index is 1070. The summed E-state index contributed by atoms with van der Waals surface area (Å²) in [5, 5.41) is 7.97. The van der Waals surface area contributed by atoms with Gasteiger partial charge in [-0.25, -0.2) is 0 Å². The minimum atomic E-state index is -4.49. The van der Waals surface area contributed by atoms with Gasteiger partial charge in [-0.05, 0) is 41.3 Å². The Balaban J connectivity index is 1.62. The van der Waals surface area contributed by atoms with Gasteiger partial charge in [-0.2, -0.15) is 13.2 Å². The summed E-state index contributed by atoms with van der Waals surface area (Å²) in [6.45, 7) is 1.95. The average molecular weight is 400 g/mol. The highest BCUT2D eigenvalue weighted by atomic mass is 19.4. The second-order valence-electron chi connectivity index (χ2n) is 7.28. The minimum absolute atomic E-state index is 0.0301. The van der Waals surface area contributed by atoms with Gasteiger partial charge < -0.3 is 9.47 Å². The number of hydrogen-bond donors (Lipinski definition) is 0. The van der Waals surface area contributed by atoms with Crippen LogP contribution in [-0.4, -0.2) is 20.7 Å². The summed E-state index contributed by atoms with van der Waals surface area (Å²) in [7, 11) is 1.87. The maximum absolute atomic E-state index is 13.3. The summed E-state index contributed by atoms with van der Waals surface area (Å²) in [6.07, 6.45) is -2.20. The molecule has 0 aliphatic carbocycles. The van der Waals surface area contributed by atoms with Crippen LogP contribution >= 0.6 is 0 Å². The Morgan fingerprint density at radius 3 is 2.62 bits per heavy atom. The van der Waals surface area contributed by atoms with Crippen LogP contribution in [0.3, 0.4) is 0 Å². The number of anilines is 1. The molecule has 3 aromatic rings. The van der Waals surface area contributed by atoms with Crippen molar-refractivity contribution in [3.63, 3.8) is 0 Å². The van der Waals surface area contributed by atoms with E-state index < -0.39 is 17.6 Å². The number of rotatable bonds is 4. The topological polar surface area (TPSA) is 51.0 Å². The summed E-state index contributed by atoms with van der Waals surface area (Å²) in [5.41, 5.74) is 0.949. The highest BCUT2D eigenvalue weighted by molar-refractivity contribution is 6.10. The molecule has 4 rings (SSSR count). The highest BCUT2D eigenvalue weighted by Gasteiger charge is 2.39. The molecule has 0 unspecified atom stereocenters. The van der Waals surface area contributed by atoms with E-state index in [1.54, 1.807) is 12.4 Å². The molecule has 0 N–H and O–H groups in total. The molecule has 29 heavy (non-hydrogen) atoms. The third kappa shape index (κ3) is 3.50. The molecule has 1 aromatic heterocycles. The predicted octanol–water partition coefficient (Wildman–Crippen LogP) is 4.34. The Labute approximate surface area is 165 Å². The van der Waals surface area contributed by atoms with Crippen molar-refractivity contribution < 1.29 is 18.0 Å². The largest absolute Gasteiger partial charge is 0.416 e. The fraction of sp³-hybridized carbons (Fsp3) is 0.286. The number of carbonyl (C=O) groups excluding carboxylic acids is 1. The van der Waals surface area contributed by atoms with Crippen molar-refractivity contribution >= 4 is 11.6 Å². The standard InChI is InChI=1S/C21H19F3N4O/c1-13(9-19-26-25-12-27(19)2)14-5-3-6-15(10-14)28-11-17-16(20(28)29)7-4-8-18(17)21(22,23)24/h3-8,10,12-13H,9,11H2,1-2H3/t13-/m1/s1. The van der Waals surface area contributed by atoms with Crippen LogP contribution in [0.1, 0.15) is 45.7 Å². The maximum Gasteiger partial charge on any atom is 0.416 e. The van der Waals surface area contributed by atoms with E-state index in [4.69, 9.17) is 0 Å². The quantitative estimate of drug-likeness (QED) is 0.655. The molecular weight excluding hydrogens is 381 g/mol. The summed E-state index contributed by atoms with van der Waals surface area (Å²) in [5.74, 6) is 0.523. The molecule has 8 heteroatoms. The summed E-state index contributed by atoms with van der Waals surface area (Å²) in [6, 6.07) is 11.1. The predicted molar refractivity (Wildman–Crippen MR) is 102 cm³/mol. The number of benzene rings is 2. The number of hydrogen-bond acceptors (Lipinski definition) is 3. The van der Waals surface area contributed by atoms with Crippen molar-refractivity contribution in [1.29, 1.82) is 0 Å². The summed E-state index contributed by atoms with van der Waals surface area (Å²) in [4.78, 5) is 14.2. The lowest BCUT2D eigenvalue weighted by Gasteiger charge is -2.19. The van der Waals surface area contributed by atoms with E-state index >= 15 is 0 Å². The van der Waals surface area contributed by atoms with Crippen molar-refractivity contribution in [3.8, 4) is 0 Å². The van der Waals surface area contributed by atoms with Gasteiger partial charge in [0.1, 0.15) is 12.2 Å². The number of nitrogens with zero attached hydrogens (tertiary/aromatic N) is 4. The lowest BCUT2D eigenvalue weighted by atomic mass is 9.97. The average Bonchev–Trinajstić information content (AvgIpc) is 3.24. The van der Waals surface area contributed by atoms with Gasteiger partial charge >= 0.3 is 6.18 Å². The molecule has 1 aliphatic rings. The van der Waals surface area contributed by atoms with Crippen LogP contribution in [0.2, 0.25) is 0 Å². The molecule has 0 saturated heterocycles. The minimum Gasteiger partial charge on any atom is -0.321 e. The number of fused-ring (bicyclic) bond motifs is 1. The second-order valence-corrected chi connectivity index (χ2v) is 7.28. The van der Waals surface area contributed by atoms with Gasteiger partial charge in [0.15, 0.2) is 0 Å². The van der Waals surface area contributed by atoms with E-state index in [9.17, 15) is 18.0 Å². The van der Waals surface area contributed by atoms with Crippen LogP contribution in [0, 0.1) is 0 Å². The SMILES string of the molecule is C[C@H](Cc1nncn1C)c1cccc(N2Cc3c(cccc3C(F)(F)F)C2=O)c1. The van der Waals surface area contributed by atoms with E-state index in [2.05, 4.69) is 10.2 Å². The first-order chi connectivity index (χ1) is 13.8. The highest BCUT2D eigenvalue weighted by Crippen LogP contribution is 2.38. The van der Waals surface area contributed by atoms with E-state index in [0.717, 1.165) is 17.5 Å². The Kier molecular flexibility index (Phi) is 4.64. The lowest BCUT2D eigenvalue weighted by Crippen LogP contribution is -2.23. The first kappa shape index (κ1) is 19.2. The number of alkyl halides is 3. The molecule has 5 nitrogen and oxygen atoms in total. The number of aromatic nitrogens is 3. The van der Waals surface area contributed by atoms with E-state index in [0.29, 0.717) is 12.1 Å². The molecule has 1 atom stereocenters. The van der Waals surface area contributed by atoms with Crippen LogP contribution in [0.4, 0.5) is 18.9 Å². The normalized spacial score (nSPS) is 14.9. The molecule has 1 amide bonds. The van der Waals surface area contributed by atoms with Crippen molar-refractivity contribution in [2.75, 3.05) is 4.90 Å². The molecule has 0 spiro atoms. The molecule has 0 bridgehead atoms. The third-order valence-corrected chi connectivity index (χ3v) is 5.32. The zero-order valence-electron chi connectivity index (χ0n) is 15.9. The Morgan fingerprint density at radius 2 is 1.93 bits per heavy atom. The zero-order chi connectivity index (χ0) is 20.8. The van der Waals surface area contributed by atoms with Gasteiger partial charge in [0, 0.05) is 24.7 Å². The monoisotopic (exact) mass is 400 g/mol. The van der Waals surface area contributed by atoms with Crippen molar-refractivity contribution in [1.82, 2.24) is 14.8 Å². The maximum atomic E-state index is 13.3. The third-order valence-electron chi connectivity index (χ3n) is 5.32. The Morgan fingerprint density at radius 1 is 1.17 bits per heavy atom. The molecule has 0 radical (unpaired) electrons. The number of aryl methyl sites for hydroxylation is 1. The van der Waals surface area contributed by atoms with Gasteiger partial charge in [0.25, 0.3) is 5.91 Å². The zero-order valence-corrected chi connectivity index (χ0v) is 15.9. The fourth-order valence-corrected chi connectivity index (χ4v) is 3.69. The molecular formula is C21H19F3N4O. The van der Waals surface area contributed by atoms with Crippen LogP contribution in [0.25, 0.3) is 0 Å². The van der Waals surface area contributed by atoms with Crippen LogP contribution < -0.4 is 4.90 Å². The number of carbonyl (C=O) groups is 1. The van der Waals surface area contributed by atoms with Crippen LogP contribution in [0.15, 0.2) is 48.8 Å². The van der Waals surface area contributed by atoms with Crippen molar-refractivity contribution in [2.24, 2.45) is 7.05 Å². The molecule has 0 saturated carbocycles. The molecule has 2 aromatic carbocycles. The first-order valence-corrected chi connectivity index (χ1v) is 9.19. The smallest absolute Gasteiger partial charge is 0.321 e. The van der Waals surface area contributed by atoms with Gasteiger partial charge in [0.2, 0.25) is 0 Å². The first-order valence-electron chi connectivity index (χ1n) is 9.19. The van der Waals surface area contributed by atoms with Gasteiger partial charge in [-0.1, -0.05) is 25.1 Å². The lowest BCUT2D eigenvalue weighted by molar-refractivity contribution is -0.138.